The van der Waals surface area contributed by atoms with E-state index < -0.39 is 0 Å². The van der Waals surface area contributed by atoms with Gasteiger partial charge in [-0.1, -0.05) is 15.9 Å². The summed E-state index contributed by atoms with van der Waals surface area (Å²) in [5.74, 6) is -0.307. The predicted molar refractivity (Wildman–Crippen MR) is 73.7 cm³/mol. The standard InChI is InChI=1S/C12H8BrN3OS/c1-7-15-11(6-18-7)12(17)16-10-3-2-9(13)4-8(10)5-14/h2-4,6H,1H3,(H,16,17). The van der Waals surface area contributed by atoms with Crippen LogP contribution in [0.2, 0.25) is 0 Å². The molecule has 1 N–H and O–H groups in total. The number of carbonyl (C=O) groups excluding carboxylic acids is 1. The van der Waals surface area contributed by atoms with E-state index >= 15 is 0 Å². The maximum Gasteiger partial charge on any atom is 0.275 e. The highest BCUT2D eigenvalue weighted by molar-refractivity contribution is 9.10. The summed E-state index contributed by atoms with van der Waals surface area (Å²) in [6.07, 6.45) is 0. The molecule has 1 aromatic carbocycles. The van der Waals surface area contributed by atoms with Gasteiger partial charge in [0.05, 0.1) is 16.3 Å². The van der Waals surface area contributed by atoms with Gasteiger partial charge < -0.3 is 5.32 Å². The first-order valence-corrected chi connectivity index (χ1v) is 6.70. The Kier molecular flexibility index (Phi) is 3.75. The number of nitrogens with zero attached hydrogens (tertiary/aromatic N) is 2. The molecule has 6 heteroatoms. The van der Waals surface area contributed by atoms with Crippen LogP contribution in [-0.2, 0) is 0 Å². The predicted octanol–water partition coefficient (Wildman–Crippen LogP) is 3.34. The summed E-state index contributed by atoms with van der Waals surface area (Å²) in [5, 5.41) is 14.2. The van der Waals surface area contributed by atoms with Crippen LogP contribution in [0.3, 0.4) is 0 Å². The highest BCUT2D eigenvalue weighted by atomic mass is 79.9. The lowest BCUT2D eigenvalue weighted by atomic mass is 10.2. The maximum absolute atomic E-state index is 11.9. The van der Waals surface area contributed by atoms with Gasteiger partial charge in [0.1, 0.15) is 11.8 Å². The van der Waals surface area contributed by atoms with Gasteiger partial charge >= 0.3 is 0 Å². The largest absolute Gasteiger partial charge is 0.319 e. The second kappa shape index (κ2) is 5.29. The van der Waals surface area contributed by atoms with Crippen molar-refractivity contribution in [3.05, 3.63) is 44.3 Å². The summed E-state index contributed by atoms with van der Waals surface area (Å²) in [6, 6.07) is 7.14. The van der Waals surface area contributed by atoms with Gasteiger partial charge in [0, 0.05) is 9.85 Å². The van der Waals surface area contributed by atoms with E-state index in [2.05, 4.69) is 26.2 Å². The zero-order chi connectivity index (χ0) is 13.1. The highest BCUT2D eigenvalue weighted by Gasteiger charge is 2.12. The average Bonchev–Trinajstić information content (AvgIpc) is 2.78. The Balaban J connectivity index is 2.25. The number of amides is 1. The van der Waals surface area contributed by atoms with E-state index in [1.54, 1.807) is 23.6 Å². The molecule has 18 heavy (non-hydrogen) atoms. The van der Waals surface area contributed by atoms with E-state index in [1.165, 1.54) is 11.3 Å². The number of benzene rings is 1. The van der Waals surface area contributed by atoms with Gasteiger partial charge in [0.2, 0.25) is 0 Å². The Labute approximate surface area is 116 Å². The molecule has 4 nitrogen and oxygen atoms in total. The molecule has 0 unspecified atom stereocenters. The number of halogens is 1. The molecule has 90 valence electrons. The van der Waals surface area contributed by atoms with Crippen LogP contribution in [0.5, 0.6) is 0 Å². The molecule has 1 heterocycles. The van der Waals surface area contributed by atoms with Crippen molar-refractivity contribution in [3.8, 4) is 6.07 Å². The van der Waals surface area contributed by atoms with Crippen LogP contribution in [0, 0.1) is 18.3 Å². The molecule has 1 aromatic heterocycles. The van der Waals surface area contributed by atoms with Crippen molar-refractivity contribution in [2.24, 2.45) is 0 Å². The number of hydrogen-bond donors (Lipinski definition) is 1. The number of hydrogen-bond acceptors (Lipinski definition) is 4. The maximum atomic E-state index is 11.9. The molecule has 0 radical (unpaired) electrons. The number of rotatable bonds is 2. The second-order valence-corrected chi connectivity index (χ2v) is 5.49. The minimum Gasteiger partial charge on any atom is -0.319 e. The van der Waals surface area contributed by atoms with E-state index in [0.717, 1.165) is 9.48 Å². The number of anilines is 1. The molecule has 2 aromatic rings. The SMILES string of the molecule is Cc1nc(C(=O)Nc2ccc(Br)cc2C#N)cs1. The lowest BCUT2D eigenvalue weighted by Gasteiger charge is -2.05. The van der Waals surface area contributed by atoms with Crippen molar-refractivity contribution in [2.75, 3.05) is 5.32 Å². The van der Waals surface area contributed by atoms with Crippen molar-refractivity contribution in [2.45, 2.75) is 6.92 Å². The van der Waals surface area contributed by atoms with Crippen molar-refractivity contribution in [3.63, 3.8) is 0 Å². The summed E-state index contributed by atoms with van der Waals surface area (Å²) < 4.78 is 0.793. The van der Waals surface area contributed by atoms with E-state index in [4.69, 9.17) is 5.26 Å². The van der Waals surface area contributed by atoms with Crippen molar-refractivity contribution in [1.82, 2.24) is 4.98 Å². The third-order valence-corrected chi connectivity index (χ3v) is 3.47. The molecule has 0 saturated carbocycles. The number of nitrogens with one attached hydrogen (secondary N) is 1. The zero-order valence-electron chi connectivity index (χ0n) is 9.40. The minimum atomic E-state index is -0.307. The normalized spacial score (nSPS) is 9.83. The number of carbonyl (C=O) groups is 1. The van der Waals surface area contributed by atoms with Gasteiger partial charge in [0.25, 0.3) is 5.91 Å². The fourth-order valence-corrected chi connectivity index (χ4v) is 2.33. The third kappa shape index (κ3) is 2.75. The van der Waals surface area contributed by atoms with Crippen LogP contribution in [0.15, 0.2) is 28.1 Å². The van der Waals surface area contributed by atoms with Crippen LogP contribution in [0.1, 0.15) is 21.1 Å². The first kappa shape index (κ1) is 12.7. The topological polar surface area (TPSA) is 65.8 Å². The first-order chi connectivity index (χ1) is 8.60. The summed E-state index contributed by atoms with van der Waals surface area (Å²) in [6.45, 7) is 1.84. The first-order valence-electron chi connectivity index (χ1n) is 5.03. The average molecular weight is 322 g/mol. The molecule has 2 rings (SSSR count). The lowest BCUT2D eigenvalue weighted by Crippen LogP contribution is -2.13. The van der Waals surface area contributed by atoms with Crippen molar-refractivity contribution < 1.29 is 4.79 Å². The second-order valence-electron chi connectivity index (χ2n) is 3.51. The van der Waals surface area contributed by atoms with Gasteiger partial charge in [-0.15, -0.1) is 11.3 Å². The van der Waals surface area contributed by atoms with E-state index in [-0.39, 0.29) is 5.91 Å². The van der Waals surface area contributed by atoms with Gasteiger partial charge in [-0.05, 0) is 25.1 Å². The van der Waals surface area contributed by atoms with Gasteiger partial charge in [-0.3, -0.25) is 4.79 Å². The molecule has 1 amide bonds. The van der Waals surface area contributed by atoms with Crippen molar-refractivity contribution >= 4 is 38.9 Å². The number of thiazole rings is 1. The molecule has 0 aliphatic rings. The Morgan fingerprint density at radius 2 is 2.33 bits per heavy atom. The molecular formula is C12H8BrN3OS. The molecule has 0 saturated heterocycles. The smallest absolute Gasteiger partial charge is 0.275 e. The fraction of sp³-hybridized carbons (Fsp3) is 0.0833. The molecule has 0 atom stereocenters. The summed E-state index contributed by atoms with van der Waals surface area (Å²) in [5.41, 5.74) is 1.25. The Hall–Kier alpha value is -1.71. The molecule has 0 bridgehead atoms. The highest BCUT2D eigenvalue weighted by Crippen LogP contribution is 2.21. The van der Waals surface area contributed by atoms with E-state index in [0.29, 0.717) is 16.9 Å². The quantitative estimate of drug-likeness (QED) is 0.922. The van der Waals surface area contributed by atoms with Crippen LogP contribution < -0.4 is 5.32 Å². The van der Waals surface area contributed by atoms with Crippen molar-refractivity contribution in [1.29, 1.82) is 5.26 Å². The van der Waals surface area contributed by atoms with Gasteiger partial charge in [-0.25, -0.2) is 4.98 Å². The van der Waals surface area contributed by atoms with Crippen LogP contribution in [0.25, 0.3) is 0 Å². The zero-order valence-corrected chi connectivity index (χ0v) is 11.8. The molecular weight excluding hydrogens is 314 g/mol. The molecule has 0 fully saturated rings. The molecule has 0 aliphatic heterocycles. The summed E-state index contributed by atoms with van der Waals surface area (Å²) in [4.78, 5) is 16.0. The van der Waals surface area contributed by atoms with Crippen LogP contribution >= 0.6 is 27.3 Å². The van der Waals surface area contributed by atoms with Crippen LogP contribution in [-0.4, -0.2) is 10.9 Å². The third-order valence-electron chi connectivity index (χ3n) is 2.20. The van der Waals surface area contributed by atoms with E-state index in [9.17, 15) is 4.79 Å². The monoisotopic (exact) mass is 321 g/mol. The Morgan fingerprint density at radius 3 is 2.94 bits per heavy atom. The molecule has 0 aliphatic carbocycles. The van der Waals surface area contributed by atoms with E-state index in [1.807, 2.05) is 13.0 Å². The number of aryl methyl sites for hydroxylation is 1. The lowest BCUT2D eigenvalue weighted by molar-refractivity contribution is 0.102. The van der Waals surface area contributed by atoms with Crippen LogP contribution in [0.4, 0.5) is 5.69 Å². The van der Waals surface area contributed by atoms with Gasteiger partial charge in [0.15, 0.2) is 0 Å². The summed E-state index contributed by atoms with van der Waals surface area (Å²) in [7, 11) is 0. The molecule has 0 spiro atoms. The minimum absolute atomic E-state index is 0.307. The number of nitriles is 1. The Bertz CT molecular complexity index is 645. The Morgan fingerprint density at radius 1 is 1.56 bits per heavy atom. The van der Waals surface area contributed by atoms with Gasteiger partial charge in [-0.2, -0.15) is 5.26 Å². The summed E-state index contributed by atoms with van der Waals surface area (Å²) >= 11 is 4.69. The number of aromatic nitrogens is 1. The fourth-order valence-electron chi connectivity index (χ4n) is 1.37.